The fraction of sp³-hybridized carbons (Fsp3) is 0.379. The fourth-order valence-corrected chi connectivity index (χ4v) is 6.29. The standard InChI is InChI=1S/C29H35NS/c1-28(2,3)23-19-21-27(22-20-23)30-31-29(24-13-7-4-8-14-24,25-15-9-5-10-16-25)26-17-11-6-12-18-26/h4-18,23,27,30H,19-22H2,1-3H3. The Hall–Kier alpha value is -2.03. The highest BCUT2D eigenvalue weighted by Crippen LogP contribution is 2.48. The lowest BCUT2D eigenvalue weighted by Crippen LogP contribution is -2.37. The largest absolute Gasteiger partial charge is 0.260 e. The molecule has 162 valence electrons. The van der Waals surface area contributed by atoms with E-state index in [4.69, 9.17) is 0 Å². The first-order valence-corrected chi connectivity index (χ1v) is 12.4. The smallest absolute Gasteiger partial charge is 0.105 e. The van der Waals surface area contributed by atoms with E-state index in [2.05, 4.69) is 116 Å². The molecule has 0 saturated heterocycles. The maximum atomic E-state index is 3.95. The Morgan fingerprint density at radius 3 is 1.35 bits per heavy atom. The molecular formula is C29H35NS. The van der Waals surface area contributed by atoms with E-state index in [0.29, 0.717) is 11.5 Å². The van der Waals surface area contributed by atoms with Gasteiger partial charge in [-0.3, -0.25) is 4.72 Å². The number of hydrogen-bond acceptors (Lipinski definition) is 2. The van der Waals surface area contributed by atoms with Gasteiger partial charge < -0.3 is 0 Å². The van der Waals surface area contributed by atoms with Crippen molar-refractivity contribution in [2.45, 2.75) is 57.2 Å². The van der Waals surface area contributed by atoms with Gasteiger partial charge in [0.2, 0.25) is 0 Å². The van der Waals surface area contributed by atoms with Crippen LogP contribution in [0.3, 0.4) is 0 Å². The minimum Gasteiger partial charge on any atom is -0.260 e. The molecule has 31 heavy (non-hydrogen) atoms. The third-order valence-corrected chi connectivity index (χ3v) is 8.34. The van der Waals surface area contributed by atoms with Crippen molar-refractivity contribution in [1.29, 1.82) is 0 Å². The average molecular weight is 430 g/mol. The number of rotatable bonds is 6. The Balaban J connectivity index is 1.67. The lowest BCUT2D eigenvalue weighted by Gasteiger charge is -2.40. The van der Waals surface area contributed by atoms with Crippen LogP contribution in [0.1, 0.15) is 63.1 Å². The lowest BCUT2D eigenvalue weighted by molar-refractivity contribution is 0.167. The second-order valence-corrected chi connectivity index (χ2v) is 11.0. The third kappa shape index (κ3) is 4.91. The monoisotopic (exact) mass is 429 g/mol. The molecule has 0 aromatic heterocycles. The Morgan fingerprint density at radius 1 is 0.613 bits per heavy atom. The molecule has 3 aromatic carbocycles. The molecule has 0 bridgehead atoms. The summed E-state index contributed by atoms with van der Waals surface area (Å²) in [5.74, 6) is 0.831. The van der Waals surface area contributed by atoms with Gasteiger partial charge in [-0.15, -0.1) is 0 Å². The molecule has 2 heteroatoms. The predicted octanol–water partition coefficient (Wildman–Crippen LogP) is 7.82. The van der Waals surface area contributed by atoms with Gasteiger partial charge in [0.15, 0.2) is 0 Å². The zero-order valence-electron chi connectivity index (χ0n) is 19.1. The molecule has 1 fully saturated rings. The molecular weight excluding hydrogens is 394 g/mol. The lowest BCUT2D eigenvalue weighted by atomic mass is 9.71. The van der Waals surface area contributed by atoms with Gasteiger partial charge in [-0.1, -0.05) is 124 Å². The van der Waals surface area contributed by atoms with Gasteiger partial charge in [0, 0.05) is 6.04 Å². The summed E-state index contributed by atoms with van der Waals surface area (Å²) in [5, 5.41) is 0. The van der Waals surface area contributed by atoms with Crippen LogP contribution in [0.25, 0.3) is 0 Å². The molecule has 0 amide bonds. The maximum absolute atomic E-state index is 3.95. The second kappa shape index (κ2) is 9.63. The number of benzene rings is 3. The van der Waals surface area contributed by atoms with Crippen LogP contribution in [0, 0.1) is 11.3 Å². The van der Waals surface area contributed by atoms with Crippen molar-refractivity contribution >= 4 is 11.9 Å². The van der Waals surface area contributed by atoms with E-state index in [9.17, 15) is 0 Å². The summed E-state index contributed by atoms with van der Waals surface area (Å²) < 4.78 is 3.66. The normalized spacial score (nSPS) is 19.8. The molecule has 0 spiro atoms. The van der Waals surface area contributed by atoms with Crippen LogP contribution in [0.2, 0.25) is 0 Å². The zero-order chi connectivity index (χ0) is 21.7. The molecule has 0 aliphatic heterocycles. The van der Waals surface area contributed by atoms with Gasteiger partial charge in [0.05, 0.1) is 0 Å². The zero-order valence-corrected chi connectivity index (χ0v) is 19.9. The molecule has 0 heterocycles. The molecule has 0 radical (unpaired) electrons. The van der Waals surface area contributed by atoms with Gasteiger partial charge in [0.25, 0.3) is 0 Å². The van der Waals surface area contributed by atoms with Crippen molar-refractivity contribution in [2.24, 2.45) is 11.3 Å². The molecule has 3 aromatic rings. The van der Waals surface area contributed by atoms with Crippen LogP contribution < -0.4 is 4.72 Å². The molecule has 1 aliphatic rings. The maximum Gasteiger partial charge on any atom is 0.105 e. The summed E-state index contributed by atoms with van der Waals surface area (Å²) >= 11 is 1.89. The van der Waals surface area contributed by atoms with E-state index in [1.807, 2.05) is 11.9 Å². The van der Waals surface area contributed by atoms with Crippen LogP contribution >= 0.6 is 11.9 Å². The predicted molar refractivity (Wildman–Crippen MR) is 135 cm³/mol. The first-order chi connectivity index (χ1) is 15.0. The summed E-state index contributed by atoms with van der Waals surface area (Å²) in [6, 6.07) is 33.4. The Morgan fingerprint density at radius 2 is 1.00 bits per heavy atom. The summed E-state index contributed by atoms with van der Waals surface area (Å²) in [6.45, 7) is 7.18. The van der Waals surface area contributed by atoms with E-state index < -0.39 is 0 Å². The van der Waals surface area contributed by atoms with Crippen LogP contribution in [-0.2, 0) is 4.75 Å². The highest BCUT2D eigenvalue weighted by molar-refractivity contribution is 7.98. The van der Waals surface area contributed by atoms with E-state index in [-0.39, 0.29) is 4.75 Å². The summed E-state index contributed by atoms with van der Waals surface area (Å²) in [4.78, 5) is 0. The van der Waals surface area contributed by atoms with Crippen molar-refractivity contribution in [3.8, 4) is 0 Å². The number of hydrogen-bond donors (Lipinski definition) is 1. The summed E-state index contributed by atoms with van der Waals surface area (Å²) in [5.41, 5.74) is 4.36. The molecule has 1 saturated carbocycles. The second-order valence-electron chi connectivity index (χ2n) is 9.91. The van der Waals surface area contributed by atoms with E-state index >= 15 is 0 Å². The van der Waals surface area contributed by atoms with E-state index in [0.717, 1.165) is 5.92 Å². The Kier molecular flexibility index (Phi) is 6.89. The molecule has 0 atom stereocenters. The molecule has 1 N–H and O–H groups in total. The first kappa shape index (κ1) is 22.2. The minimum absolute atomic E-state index is 0.287. The summed E-state index contributed by atoms with van der Waals surface area (Å²) in [7, 11) is 0. The van der Waals surface area contributed by atoms with Crippen LogP contribution in [0.15, 0.2) is 91.0 Å². The first-order valence-electron chi connectivity index (χ1n) is 11.6. The van der Waals surface area contributed by atoms with E-state index in [1.54, 1.807) is 0 Å². The van der Waals surface area contributed by atoms with Gasteiger partial charge in [-0.2, -0.15) is 0 Å². The molecule has 1 nitrogen and oxygen atoms in total. The van der Waals surface area contributed by atoms with Gasteiger partial charge >= 0.3 is 0 Å². The van der Waals surface area contributed by atoms with Crippen LogP contribution in [0.5, 0.6) is 0 Å². The van der Waals surface area contributed by atoms with Crippen molar-refractivity contribution in [2.75, 3.05) is 0 Å². The highest BCUT2D eigenvalue weighted by Gasteiger charge is 2.38. The van der Waals surface area contributed by atoms with Crippen LogP contribution in [-0.4, -0.2) is 6.04 Å². The quantitative estimate of drug-likeness (QED) is 0.316. The third-order valence-electron chi connectivity index (χ3n) is 6.87. The Bertz CT molecular complexity index is 826. The molecule has 4 rings (SSSR count). The van der Waals surface area contributed by atoms with E-state index in [1.165, 1.54) is 42.4 Å². The van der Waals surface area contributed by atoms with Crippen molar-refractivity contribution < 1.29 is 0 Å². The van der Waals surface area contributed by atoms with Crippen LogP contribution in [0.4, 0.5) is 0 Å². The van der Waals surface area contributed by atoms with Crippen molar-refractivity contribution in [3.05, 3.63) is 108 Å². The minimum atomic E-state index is -0.287. The fourth-order valence-electron chi connectivity index (χ4n) is 4.94. The average Bonchev–Trinajstić information content (AvgIpc) is 2.81. The molecule has 1 aliphatic carbocycles. The van der Waals surface area contributed by atoms with Gasteiger partial charge in [-0.05, 0) is 53.7 Å². The number of nitrogens with one attached hydrogen (secondary N) is 1. The topological polar surface area (TPSA) is 12.0 Å². The SMILES string of the molecule is CC(C)(C)C1CCC(NSC(c2ccccc2)(c2ccccc2)c2ccccc2)CC1. The van der Waals surface area contributed by atoms with Crippen molar-refractivity contribution in [3.63, 3.8) is 0 Å². The summed E-state index contributed by atoms with van der Waals surface area (Å²) in [6.07, 6.45) is 5.14. The van der Waals surface area contributed by atoms with Crippen molar-refractivity contribution in [1.82, 2.24) is 4.72 Å². The molecule has 0 unspecified atom stereocenters. The van der Waals surface area contributed by atoms with Gasteiger partial charge in [0.1, 0.15) is 4.75 Å². The van der Waals surface area contributed by atoms with Gasteiger partial charge in [-0.25, -0.2) is 0 Å². The highest BCUT2D eigenvalue weighted by atomic mass is 32.2. The Labute approximate surface area is 192 Å².